The standard InChI is InChI=1S/C14H20BrFN2O/c1-14(2)9-19-6-5-18(14)13(8-17)10-3-4-11(15)12(16)7-10/h3-4,7,13H,5-6,8-9,17H2,1-2H3. The van der Waals surface area contributed by atoms with Gasteiger partial charge in [0.15, 0.2) is 0 Å². The number of morpholine rings is 1. The summed E-state index contributed by atoms with van der Waals surface area (Å²) in [6.45, 7) is 6.90. The zero-order valence-electron chi connectivity index (χ0n) is 11.3. The minimum absolute atomic E-state index is 0.0153. The van der Waals surface area contributed by atoms with Gasteiger partial charge in [0.1, 0.15) is 5.82 Å². The van der Waals surface area contributed by atoms with Gasteiger partial charge in [-0.1, -0.05) is 6.07 Å². The molecule has 19 heavy (non-hydrogen) atoms. The number of rotatable bonds is 3. The summed E-state index contributed by atoms with van der Waals surface area (Å²) in [4.78, 5) is 2.30. The van der Waals surface area contributed by atoms with Crippen LogP contribution in [0.1, 0.15) is 25.5 Å². The van der Waals surface area contributed by atoms with E-state index in [0.717, 1.165) is 12.1 Å². The van der Waals surface area contributed by atoms with E-state index in [1.807, 2.05) is 6.07 Å². The van der Waals surface area contributed by atoms with E-state index in [9.17, 15) is 4.39 Å². The van der Waals surface area contributed by atoms with Gasteiger partial charge in [-0.2, -0.15) is 0 Å². The predicted octanol–water partition coefficient (Wildman–Crippen LogP) is 2.70. The van der Waals surface area contributed by atoms with E-state index in [-0.39, 0.29) is 17.4 Å². The molecule has 0 bridgehead atoms. The average Bonchev–Trinajstić information content (AvgIpc) is 2.36. The Bertz CT molecular complexity index is 453. The van der Waals surface area contributed by atoms with Crippen LogP contribution in [0.15, 0.2) is 22.7 Å². The van der Waals surface area contributed by atoms with Gasteiger partial charge >= 0.3 is 0 Å². The average molecular weight is 331 g/mol. The molecular weight excluding hydrogens is 311 g/mol. The first kappa shape index (κ1) is 14.9. The second-order valence-corrected chi connectivity index (χ2v) is 6.34. The maximum atomic E-state index is 13.7. The molecule has 1 aliphatic heterocycles. The molecule has 3 nitrogen and oxygen atoms in total. The van der Waals surface area contributed by atoms with Crippen molar-refractivity contribution in [2.45, 2.75) is 25.4 Å². The normalized spacial score (nSPS) is 21.3. The molecule has 2 rings (SSSR count). The molecule has 1 saturated heterocycles. The summed E-state index contributed by atoms with van der Waals surface area (Å²) in [6.07, 6.45) is 0. The van der Waals surface area contributed by atoms with Crippen LogP contribution in [-0.2, 0) is 4.74 Å². The molecule has 1 atom stereocenters. The first-order valence-corrected chi connectivity index (χ1v) is 7.24. The highest BCUT2D eigenvalue weighted by Gasteiger charge is 2.35. The molecule has 0 spiro atoms. The third-order valence-corrected chi connectivity index (χ3v) is 4.28. The van der Waals surface area contributed by atoms with E-state index < -0.39 is 0 Å². The van der Waals surface area contributed by atoms with Gasteiger partial charge in [-0.25, -0.2) is 4.39 Å². The van der Waals surface area contributed by atoms with Gasteiger partial charge < -0.3 is 10.5 Å². The fourth-order valence-corrected chi connectivity index (χ4v) is 2.86. The van der Waals surface area contributed by atoms with Crippen molar-refractivity contribution in [2.75, 3.05) is 26.3 Å². The molecule has 2 N–H and O–H groups in total. The summed E-state index contributed by atoms with van der Waals surface area (Å²) >= 11 is 3.18. The van der Waals surface area contributed by atoms with Crippen LogP contribution in [0.4, 0.5) is 4.39 Å². The second-order valence-electron chi connectivity index (χ2n) is 5.48. The van der Waals surface area contributed by atoms with E-state index in [0.29, 0.717) is 24.2 Å². The Morgan fingerprint density at radius 2 is 2.26 bits per heavy atom. The van der Waals surface area contributed by atoms with Gasteiger partial charge in [-0.05, 0) is 47.5 Å². The molecule has 106 valence electrons. The number of benzene rings is 1. The van der Waals surface area contributed by atoms with Crippen molar-refractivity contribution in [3.63, 3.8) is 0 Å². The summed E-state index contributed by atoms with van der Waals surface area (Å²) < 4.78 is 19.7. The first-order valence-electron chi connectivity index (χ1n) is 6.45. The maximum Gasteiger partial charge on any atom is 0.137 e. The smallest absolute Gasteiger partial charge is 0.137 e. The highest BCUT2D eigenvalue weighted by Crippen LogP contribution is 2.31. The number of ether oxygens (including phenoxy) is 1. The van der Waals surface area contributed by atoms with Crippen molar-refractivity contribution >= 4 is 15.9 Å². The molecule has 0 aromatic heterocycles. The Morgan fingerprint density at radius 3 is 2.84 bits per heavy atom. The summed E-state index contributed by atoms with van der Waals surface area (Å²) in [7, 11) is 0. The summed E-state index contributed by atoms with van der Waals surface area (Å²) in [5.41, 5.74) is 6.75. The van der Waals surface area contributed by atoms with Crippen molar-refractivity contribution in [3.8, 4) is 0 Å². The van der Waals surface area contributed by atoms with Gasteiger partial charge in [0.2, 0.25) is 0 Å². The quantitative estimate of drug-likeness (QED) is 0.926. The Balaban J connectivity index is 2.30. The second kappa shape index (κ2) is 5.87. The topological polar surface area (TPSA) is 38.5 Å². The van der Waals surface area contributed by atoms with Gasteiger partial charge in [-0.3, -0.25) is 4.90 Å². The van der Waals surface area contributed by atoms with Crippen LogP contribution in [-0.4, -0.2) is 36.7 Å². The number of hydrogen-bond acceptors (Lipinski definition) is 3. The highest BCUT2D eigenvalue weighted by atomic mass is 79.9. The van der Waals surface area contributed by atoms with Crippen LogP contribution in [0.3, 0.4) is 0 Å². The van der Waals surface area contributed by atoms with E-state index >= 15 is 0 Å². The van der Waals surface area contributed by atoms with Crippen LogP contribution in [0, 0.1) is 5.82 Å². The number of hydrogen-bond donors (Lipinski definition) is 1. The van der Waals surface area contributed by atoms with Gasteiger partial charge in [0, 0.05) is 24.7 Å². The number of nitrogens with two attached hydrogens (primary N) is 1. The van der Waals surface area contributed by atoms with Crippen molar-refractivity contribution in [3.05, 3.63) is 34.1 Å². The Labute approximate surface area is 122 Å². The number of nitrogens with zero attached hydrogens (tertiary/aromatic N) is 1. The Hall–Kier alpha value is -0.490. The summed E-state index contributed by atoms with van der Waals surface area (Å²) in [5, 5.41) is 0. The van der Waals surface area contributed by atoms with Gasteiger partial charge in [0.25, 0.3) is 0 Å². The molecule has 1 aromatic rings. The van der Waals surface area contributed by atoms with Crippen LogP contribution < -0.4 is 5.73 Å². The largest absolute Gasteiger partial charge is 0.378 e. The molecule has 0 radical (unpaired) electrons. The lowest BCUT2D eigenvalue weighted by Gasteiger charge is -2.46. The fraction of sp³-hybridized carbons (Fsp3) is 0.571. The lowest BCUT2D eigenvalue weighted by atomic mass is 9.95. The minimum Gasteiger partial charge on any atom is -0.378 e. The molecule has 0 saturated carbocycles. The third-order valence-electron chi connectivity index (χ3n) is 3.64. The van der Waals surface area contributed by atoms with Crippen molar-refractivity contribution in [1.29, 1.82) is 0 Å². The van der Waals surface area contributed by atoms with Crippen molar-refractivity contribution in [2.24, 2.45) is 5.73 Å². The molecule has 1 unspecified atom stereocenters. The zero-order valence-corrected chi connectivity index (χ0v) is 12.9. The SMILES string of the molecule is CC1(C)COCCN1C(CN)c1ccc(Br)c(F)c1. The Morgan fingerprint density at radius 1 is 1.53 bits per heavy atom. The molecule has 5 heteroatoms. The Kier molecular flexibility index (Phi) is 4.61. The lowest BCUT2D eigenvalue weighted by molar-refractivity contribution is -0.0713. The van der Waals surface area contributed by atoms with E-state index in [1.165, 1.54) is 0 Å². The van der Waals surface area contributed by atoms with Crippen LogP contribution in [0.5, 0.6) is 0 Å². The van der Waals surface area contributed by atoms with Crippen molar-refractivity contribution in [1.82, 2.24) is 4.90 Å². The van der Waals surface area contributed by atoms with Gasteiger partial charge in [0.05, 0.1) is 17.7 Å². The predicted molar refractivity (Wildman–Crippen MR) is 77.5 cm³/mol. The molecular formula is C14H20BrFN2O. The highest BCUT2D eigenvalue weighted by molar-refractivity contribution is 9.10. The number of halogens is 2. The molecule has 0 amide bonds. The van der Waals surface area contributed by atoms with Crippen LogP contribution in [0.25, 0.3) is 0 Å². The monoisotopic (exact) mass is 330 g/mol. The summed E-state index contributed by atoms with van der Waals surface area (Å²) in [5.74, 6) is -0.248. The fourth-order valence-electron chi connectivity index (χ4n) is 2.61. The van der Waals surface area contributed by atoms with Crippen LogP contribution in [0.2, 0.25) is 0 Å². The molecule has 1 fully saturated rings. The van der Waals surface area contributed by atoms with Crippen LogP contribution >= 0.6 is 15.9 Å². The van der Waals surface area contributed by atoms with Crippen molar-refractivity contribution < 1.29 is 9.13 Å². The molecule has 1 aliphatic rings. The molecule has 0 aliphatic carbocycles. The minimum atomic E-state index is -0.248. The van der Waals surface area contributed by atoms with E-state index in [2.05, 4.69) is 34.7 Å². The van der Waals surface area contributed by atoms with Gasteiger partial charge in [-0.15, -0.1) is 0 Å². The molecule has 1 aromatic carbocycles. The first-order chi connectivity index (χ1) is 8.95. The summed E-state index contributed by atoms with van der Waals surface area (Å²) in [6, 6.07) is 5.24. The zero-order chi connectivity index (χ0) is 14.0. The van der Waals surface area contributed by atoms with E-state index in [1.54, 1.807) is 12.1 Å². The molecule has 1 heterocycles. The maximum absolute atomic E-state index is 13.7. The van der Waals surface area contributed by atoms with E-state index in [4.69, 9.17) is 10.5 Å². The third kappa shape index (κ3) is 3.16. The lowest BCUT2D eigenvalue weighted by Crippen LogP contribution is -2.55.